The van der Waals surface area contributed by atoms with Gasteiger partial charge >= 0.3 is 0 Å². The van der Waals surface area contributed by atoms with E-state index in [1.165, 1.54) is 12.1 Å². The maximum Gasteiger partial charge on any atom is 0.240 e. The Morgan fingerprint density at radius 2 is 1.66 bits per heavy atom. The Hall–Kier alpha value is -2.09. The Kier molecular flexibility index (Phi) is 7.52. The van der Waals surface area contributed by atoms with Crippen LogP contribution in [0.25, 0.3) is 0 Å². The molecule has 0 saturated heterocycles. The zero-order valence-electron chi connectivity index (χ0n) is 16.1. The molecule has 2 aromatic carbocycles. The first-order valence-electron chi connectivity index (χ1n) is 9.73. The molecule has 1 fully saturated rings. The van der Waals surface area contributed by atoms with Gasteiger partial charge in [0.15, 0.2) is 0 Å². The number of nitrogens with one attached hydrogen (secondary N) is 2. The van der Waals surface area contributed by atoms with Gasteiger partial charge in [-0.05, 0) is 61.4 Å². The fourth-order valence-corrected chi connectivity index (χ4v) is 4.67. The maximum atomic E-state index is 12.5. The number of rotatable bonds is 8. The first-order valence-corrected chi connectivity index (χ1v) is 11.6. The molecule has 6 nitrogen and oxygen atoms in total. The van der Waals surface area contributed by atoms with Crippen LogP contribution < -0.4 is 14.8 Å². The van der Waals surface area contributed by atoms with Crippen molar-refractivity contribution >= 4 is 33.2 Å². The summed E-state index contributed by atoms with van der Waals surface area (Å²) >= 11 is 5.81. The molecule has 0 spiro atoms. The van der Waals surface area contributed by atoms with Crippen molar-refractivity contribution in [1.29, 1.82) is 0 Å². The summed E-state index contributed by atoms with van der Waals surface area (Å²) in [5, 5.41) is 3.36. The summed E-state index contributed by atoms with van der Waals surface area (Å²) in [7, 11) is -3.55. The van der Waals surface area contributed by atoms with Gasteiger partial charge in [0.25, 0.3) is 0 Å². The SMILES string of the molecule is O=C(CCOc1ccc(Cl)cc1)Nc1ccc(S(=O)(=O)NC2CCCCC2)cc1. The highest BCUT2D eigenvalue weighted by molar-refractivity contribution is 7.89. The van der Waals surface area contributed by atoms with Gasteiger partial charge in [-0.1, -0.05) is 30.9 Å². The van der Waals surface area contributed by atoms with E-state index < -0.39 is 10.0 Å². The number of carbonyl (C=O) groups is 1. The minimum absolute atomic E-state index is 0.00812. The molecule has 0 radical (unpaired) electrons. The van der Waals surface area contributed by atoms with Crippen LogP contribution in [-0.2, 0) is 14.8 Å². The standard InChI is InChI=1S/C21H25ClN2O4S/c22-16-6-10-19(11-7-16)28-15-14-21(25)23-17-8-12-20(13-9-17)29(26,27)24-18-4-2-1-3-5-18/h6-13,18,24H,1-5,14-15H2,(H,23,25). The van der Waals surface area contributed by atoms with Crippen molar-refractivity contribution < 1.29 is 17.9 Å². The summed E-state index contributed by atoms with van der Waals surface area (Å²) in [6.45, 7) is 0.227. The molecule has 0 unspecified atom stereocenters. The number of amides is 1. The Labute approximate surface area is 176 Å². The first-order chi connectivity index (χ1) is 13.9. The number of carbonyl (C=O) groups excluding carboxylic acids is 1. The van der Waals surface area contributed by atoms with Gasteiger partial charge in [-0.15, -0.1) is 0 Å². The van der Waals surface area contributed by atoms with E-state index in [0.717, 1.165) is 32.1 Å². The lowest BCUT2D eigenvalue weighted by molar-refractivity contribution is -0.116. The molecule has 2 N–H and O–H groups in total. The van der Waals surface area contributed by atoms with Gasteiger partial charge in [0.2, 0.25) is 15.9 Å². The van der Waals surface area contributed by atoms with E-state index in [0.29, 0.717) is 16.5 Å². The van der Waals surface area contributed by atoms with E-state index in [-0.39, 0.29) is 29.9 Å². The number of anilines is 1. The average molecular weight is 437 g/mol. The molecule has 2 aromatic rings. The summed E-state index contributed by atoms with van der Waals surface area (Å²) in [6, 6.07) is 13.1. The van der Waals surface area contributed by atoms with Gasteiger partial charge in [0.05, 0.1) is 17.9 Å². The zero-order valence-corrected chi connectivity index (χ0v) is 17.6. The van der Waals surface area contributed by atoms with Crippen LogP contribution in [0.1, 0.15) is 38.5 Å². The van der Waals surface area contributed by atoms with Crippen LogP contribution in [0.15, 0.2) is 53.4 Å². The van der Waals surface area contributed by atoms with E-state index in [9.17, 15) is 13.2 Å². The molecule has 1 saturated carbocycles. The third-order valence-electron chi connectivity index (χ3n) is 4.79. The monoisotopic (exact) mass is 436 g/mol. The highest BCUT2D eigenvalue weighted by Crippen LogP contribution is 2.21. The quantitative estimate of drug-likeness (QED) is 0.643. The fraction of sp³-hybridized carbons (Fsp3) is 0.381. The number of ether oxygens (including phenoxy) is 1. The molecule has 1 amide bonds. The summed E-state index contributed by atoms with van der Waals surface area (Å²) in [6.07, 6.45) is 5.21. The predicted octanol–water partition coefficient (Wildman–Crippen LogP) is 4.36. The molecule has 1 aliphatic carbocycles. The fourth-order valence-electron chi connectivity index (χ4n) is 3.24. The highest BCUT2D eigenvalue weighted by Gasteiger charge is 2.21. The van der Waals surface area contributed by atoms with Gasteiger partial charge in [-0.3, -0.25) is 4.79 Å². The molecule has 0 atom stereocenters. The molecular weight excluding hydrogens is 412 g/mol. The second kappa shape index (κ2) is 10.1. The van der Waals surface area contributed by atoms with E-state index >= 15 is 0 Å². The molecule has 0 aliphatic heterocycles. The summed E-state index contributed by atoms with van der Waals surface area (Å²) in [5.41, 5.74) is 0.540. The number of hydrogen-bond acceptors (Lipinski definition) is 4. The minimum atomic E-state index is -3.55. The Morgan fingerprint density at radius 3 is 2.31 bits per heavy atom. The van der Waals surface area contributed by atoms with Crippen molar-refractivity contribution in [3.05, 3.63) is 53.6 Å². The summed E-state index contributed by atoms with van der Waals surface area (Å²) in [5.74, 6) is 0.428. The van der Waals surface area contributed by atoms with Crippen molar-refractivity contribution in [3.8, 4) is 5.75 Å². The third kappa shape index (κ3) is 6.73. The van der Waals surface area contributed by atoms with Crippen molar-refractivity contribution in [3.63, 3.8) is 0 Å². The lowest BCUT2D eigenvalue weighted by Crippen LogP contribution is -2.36. The molecule has 29 heavy (non-hydrogen) atoms. The lowest BCUT2D eigenvalue weighted by Gasteiger charge is -2.22. The lowest BCUT2D eigenvalue weighted by atomic mass is 9.96. The van der Waals surface area contributed by atoms with Crippen LogP contribution in [0.5, 0.6) is 5.75 Å². The number of sulfonamides is 1. The Morgan fingerprint density at radius 1 is 1.00 bits per heavy atom. The van der Waals surface area contributed by atoms with E-state index in [2.05, 4.69) is 10.0 Å². The van der Waals surface area contributed by atoms with Crippen molar-refractivity contribution in [2.45, 2.75) is 49.5 Å². The maximum absolute atomic E-state index is 12.5. The van der Waals surface area contributed by atoms with Gasteiger partial charge in [-0.2, -0.15) is 0 Å². The van der Waals surface area contributed by atoms with Crippen molar-refractivity contribution in [2.24, 2.45) is 0 Å². The molecule has 0 aromatic heterocycles. The molecular formula is C21H25ClN2O4S. The Bertz CT molecular complexity index is 909. The second-order valence-corrected chi connectivity index (χ2v) is 9.23. The second-order valence-electron chi connectivity index (χ2n) is 7.08. The van der Waals surface area contributed by atoms with Gasteiger partial charge in [0, 0.05) is 16.8 Å². The normalized spacial score (nSPS) is 15.1. The minimum Gasteiger partial charge on any atom is -0.493 e. The smallest absolute Gasteiger partial charge is 0.240 e. The summed E-state index contributed by atoms with van der Waals surface area (Å²) < 4.78 is 33.3. The van der Waals surface area contributed by atoms with E-state index in [4.69, 9.17) is 16.3 Å². The van der Waals surface area contributed by atoms with E-state index in [1.54, 1.807) is 36.4 Å². The van der Waals surface area contributed by atoms with Gasteiger partial charge < -0.3 is 10.1 Å². The average Bonchev–Trinajstić information content (AvgIpc) is 2.70. The van der Waals surface area contributed by atoms with Crippen LogP contribution in [0.3, 0.4) is 0 Å². The zero-order chi connectivity index (χ0) is 20.7. The highest BCUT2D eigenvalue weighted by atomic mass is 35.5. The number of halogens is 1. The predicted molar refractivity (Wildman–Crippen MR) is 114 cm³/mol. The van der Waals surface area contributed by atoms with Crippen LogP contribution in [0, 0.1) is 0 Å². The number of benzene rings is 2. The van der Waals surface area contributed by atoms with Crippen molar-refractivity contribution in [2.75, 3.05) is 11.9 Å². The molecule has 1 aliphatic rings. The summed E-state index contributed by atoms with van der Waals surface area (Å²) in [4.78, 5) is 12.3. The van der Waals surface area contributed by atoms with Gasteiger partial charge in [-0.25, -0.2) is 13.1 Å². The van der Waals surface area contributed by atoms with Crippen LogP contribution in [-0.4, -0.2) is 27.0 Å². The number of hydrogen-bond donors (Lipinski definition) is 2. The molecule has 0 heterocycles. The molecule has 0 bridgehead atoms. The van der Waals surface area contributed by atoms with Crippen LogP contribution in [0.4, 0.5) is 5.69 Å². The van der Waals surface area contributed by atoms with E-state index in [1.807, 2.05) is 0 Å². The van der Waals surface area contributed by atoms with Crippen LogP contribution >= 0.6 is 11.6 Å². The largest absolute Gasteiger partial charge is 0.493 e. The Balaban J connectivity index is 1.47. The molecule has 156 valence electrons. The van der Waals surface area contributed by atoms with Gasteiger partial charge in [0.1, 0.15) is 5.75 Å². The topological polar surface area (TPSA) is 84.5 Å². The van der Waals surface area contributed by atoms with Crippen molar-refractivity contribution in [1.82, 2.24) is 4.72 Å². The van der Waals surface area contributed by atoms with Crippen LogP contribution in [0.2, 0.25) is 5.02 Å². The molecule has 8 heteroatoms. The first kappa shape index (κ1) is 21.6. The third-order valence-corrected chi connectivity index (χ3v) is 6.58. The molecule has 3 rings (SSSR count).